The summed E-state index contributed by atoms with van der Waals surface area (Å²) in [6, 6.07) is 14.6. The number of anilines is 2. The first-order chi connectivity index (χ1) is 25.0. The monoisotopic (exact) mass is 759 g/mol. The zero-order valence-corrected chi connectivity index (χ0v) is 29.4. The summed E-state index contributed by atoms with van der Waals surface area (Å²) < 4.78 is 0. The summed E-state index contributed by atoms with van der Waals surface area (Å²) in [4.78, 5) is 79.0. The van der Waals surface area contributed by atoms with Crippen LogP contribution in [-0.4, -0.2) is 140 Å². The molecule has 2 aliphatic heterocycles. The molecule has 2 heterocycles. The van der Waals surface area contributed by atoms with Crippen molar-refractivity contribution >= 4 is 64.7 Å². The third-order valence-electron chi connectivity index (χ3n) is 6.87. The molecule has 0 amide bonds. The number of carbonyl (C=O) groups is 7. The molecule has 0 unspecified atom stereocenters. The SMILES string of the molecule is CC(=O)c1ccc2c(c1)N(CCCN1CCN(CCO)CC1)c1ccccc1S2.O=C(O)/C=C\C(=O)O.O=C(O)/C=C\C(=O)O.O=C(O)/C=C\C(=O)O. The number of hydrogen-bond acceptors (Lipinski definition) is 12. The maximum atomic E-state index is 11.9. The van der Waals surface area contributed by atoms with E-state index in [1.807, 2.05) is 12.1 Å². The van der Waals surface area contributed by atoms with Crippen LogP contribution in [0.25, 0.3) is 0 Å². The van der Waals surface area contributed by atoms with Gasteiger partial charge in [-0.05, 0) is 44.2 Å². The van der Waals surface area contributed by atoms with Crippen LogP contribution in [0.3, 0.4) is 0 Å². The topological polar surface area (TPSA) is 271 Å². The maximum Gasteiger partial charge on any atom is 0.328 e. The number of benzene rings is 2. The molecule has 4 rings (SSSR count). The van der Waals surface area contributed by atoms with Gasteiger partial charge in [-0.25, -0.2) is 28.8 Å². The predicted molar refractivity (Wildman–Crippen MR) is 192 cm³/mol. The minimum atomic E-state index is -1.26. The molecule has 2 aromatic rings. The van der Waals surface area contributed by atoms with Crippen LogP contribution in [0.2, 0.25) is 0 Å². The van der Waals surface area contributed by atoms with Gasteiger partial charge < -0.3 is 45.5 Å². The number of carboxylic acid groups (broad SMARTS) is 6. The van der Waals surface area contributed by atoms with Gasteiger partial charge in [-0.15, -0.1) is 0 Å². The van der Waals surface area contributed by atoms with Crippen molar-refractivity contribution in [3.63, 3.8) is 0 Å². The summed E-state index contributed by atoms with van der Waals surface area (Å²) in [5.74, 6) is -7.43. The molecule has 2 aliphatic rings. The molecule has 7 N–H and O–H groups in total. The number of aliphatic hydroxyl groups excluding tert-OH is 1. The number of nitrogens with zero attached hydrogens (tertiary/aromatic N) is 3. The van der Waals surface area contributed by atoms with E-state index in [0.717, 1.165) is 63.5 Å². The molecular formula is C35H41N3O14S. The summed E-state index contributed by atoms with van der Waals surface area (Å²) in [6.45, 7) is 8.87. The van der Waals surface area contributed by atoms with E-state index in [4.69, 9.17) is 35.7 Å². The van der Waals surface area contributed by atoms with Crippen molar-refractivity contribution < 1.29 is 69.3 Å². The minimum Gasteiger partial charge on any atom is -0.478 e. The van der Waals surface area contributed by atoms with Crippen LogP contribution in [0.4, 0.5) is 11.4 Å². The van der Waals surface area contributed by atoms with Crippen molar-refractivity contribution in [3.8, 4) is 0 Å². The van der Waals surface area contributed by atoms with Gasteiger partial charge in [-0.1, -0.05) is 30.0 Å². The highest BCUT2D eigenvalue weighted by Crippen LogP contribution is 2.48. The molecule has 1 fully saturated rings. The molecule has 17 nitrogen and oxygen atoms in total. The number of carboxylic acids is 6. The molecule has 286 valence electrons. The largest absolute Gasteiger partial charge is 0.478 e. The van der Waals surface area contributed by atoms with Gasteiger partial charge in [0.2, 0.25) is 0 Å². The normalized spacial score (nSPS) is 13.7. The second kappa shape index (κ2) is 24.4. The lowest BCUT2D eigenvalue weighted by Gasteiger charge is -2.36. The molecule has 18 heteroatoms. The zero-order chi connectivity index (χ0) is 39.9. The first-order valence-corrected chi connectivity index (χ1v) is 16.5. The lowest BCUT2D eigenvalue weighted by molar-refractivity contribution is -0.134. The quantitative estimate of drug-likeness (QED) is 0.114. The Hall–Kier alpha value is -5.82. The van der Waals surface area contributed by atoms with E-state index in [2.05, 4.69) is 45.0 Å². The summed E-state index contributed by atoms with van der Waals surface area (Å²) in [7, 11) is 0. The molecule has 0 spiro atoms. The molecule has 2 aromatic carbocycles. The van der Waals surface area contributed by atoms with Crippen molar-refractivity contribution in [2.75, 3.05) is 57.3 Å². The van der Waals surface area contributed by atoms with Crippen LogP contribution in [0, 0.1) is 0 Å². The number of ketones is 1. The van der Waals surface area contributed by atoms with E-state index >= 15 is 0 Å². The molecule has 0 aromatic heterocycles. The number of rotatable bonds is 13. The van der Waals surface area contributed by atoms with Crippen LogP contribution in [-0.2, 0) is 28.8 Å². The molecule has 0 saturated carbocycles. The molecular weight excluding hydrogens is 718 g/mol. The Kier molecular flexibility index (Phi) is 20.8. The Bertz CT molecular complexity index is 1550. The van der Waals surface area contributed by atoms with Crippen LogP contribution in [0.5, 0.6) is 0 Å². The van der Waals surface area contributed by atoms with Gasteiger partial charge in [-0.3, -0.25) is 9.69 Å². The lowest BCUT2D eigenvalue weighted by Crippen LogP contribution is -2.47. The number of Topliss-reactive ketones (excluding diaryl/α,β-unsaturated/α-hetero) is 1. The molecule has 1 saturated heterocycles. The van der Waals surface area contributed by atoms with Crippen molar-refractivity contribution in [1.82, 2.24) is 9.80 Å². The van der Waals surface area contributed by atoms with E-state index in [0.29, 0.717) is 36.5 Å². The van der Waals surface area contributed by atoms with Gasteiger partial charge in [-0.2, -0.15) is 0 Å². The number of para-hydroxylation sites is 1. The summed E-state index contributed by atoms with van der Waals surface area (Å²) in [6.07, 6.45) is 4.42. The molecule has 0 aliphatic carbocycles. The Morgan fingerprint density at radius 3 is 1.42 bits per heavy atom. The highest BCUT2D eigenvalue weighted by Gasteiger charge is 2.24. The van der Waals surface area contributed by atoms with Gasteiger partial charge in [0.25, 0.3) is 0 Å². The minimum absolute atomic E-state index is 0.109. The fourth-order valence-corrected chi connectivity index (χ4v) is 5.62. The molecule has 53 heavy (non-hydrogen) atoms. The Morgan fingerprint density at radius 1 is 0.585 bits per heavy atom. The van der Waals surface area contributed by atoms with Crippen molar-refractivity contribution in [2.24, 2.45) is 0 Å². The molecule has 0 radical (unpaired) electrons. The van der Waals surface area contributed by atoms with Crippen LogP contribution >= 0.6 is 11.8 Å². The third-order valence-corrected chi connectivity index (χ3v) is 8.01. The number of fused-ring (bicyclic) bond motifs is 2. The second-order valence-electron chi connectivity index (χ2n) is 10.7. The summed E-state index contributed by atoms with van der Waals surface area (Å²) >= 11 is 1.78. The van der Waals surface area contributed by atoms with Crippen molar-refractivity contribution in [2.45, 2.75) is 23.1 Å². The van der Waals surface area contributed by atoms with Crippen molar-refractivity contribution in [3.05, 3.63) is 84.5 Å². The smallest absolute Gasteiger partial charge is 0.328 e. The van der Waals surface area contributed by atoms with Gasteiger partial charge >= 0.3 is 35.8 Å². The van der Waals surface area contributed by atoms with E-state index in [1.165, 1.54) is 15.5 Å². The second-order valence-corrected chi connectivity index (χ2v) is 11.8. The number of aliphatic carboxylic acids is 6. The number of aliphatic hydroxyl groups is 1. The number of piperazine rings is 1. The Balaban J connectivity index is 0.000000477. The standard InChI is InChI=1S/C23H29N3O2S.3C4H4O4/c1-18(28)19-7-8-23-21(17-19)26(20-5-2-3-6-22(20)29-23)10-4-9-24-11-13-25(14-12-24)15-16-27;3*5-3(6)1-2-4(7)8/h2-3,5-8,17,27H,4,9-16H2,1H3;3*1-2H,(H,5,6)(H,7,8)/b;3*2-1-. The average molecular weight is 760 g/mol. The first kappa shape index (κ1) is 45.2. The fraction of sp³-hybridized carbons (Fsp3) is 0.286. The summed E-state index contributed by atoms with van der Waals surface area (Å²) in [5, 5.41) is 56.0. The number of β-amino-alcohol motifs (C(OH)–C–C–N with tert-alkyl or cyclic N) is 1. The first-order valence-electron chi connectivity index (χ1n) is 15.7. The number of hydrogen-bond donors (Lipinski definition) is 7. The highest BCUT2D eigenvalue weighted by molar-refractivity contribution is 7.99. The highest BCUT2D eigenvalue weighted by atomic mass is 32.2. The van der Waals surface area contributed by atoms with E-state index in [9.17, 15) is 33.6 Å². The predicted octanol–water partition coefficient (Wildman–Crippen LogP) is 2.63. The summed E-state index contributed by atoms with van der Waals surface area (Å²) in [5.41, 5.74) is 3.15. The lowest BCUT2D eigenvalue weighted by atomic mass is 10.1. The van der Waals surface area contributed by atoms with E-state index < -0.39 is 35.8 Å². The van der Waals surface area contributed by atoms with E-state index in [1.54, 1.807) is 18.7 Å². The van der Waals surface area contributed by atoms with Crippen LogP contribution in [0.1, 0.15) is 23.7 Å². The third kappa shape index (κ3) is 19.4. The maximum absolute atomic E-state index is 11.9. The molecule has 0 atom stereocenters. The van der Waals surface area contributed by atoms with Gasteiger partial charge in [0.1, 0.15) is 0 Å². The fourth-order valence-electron chi connectivity index (χ4n) is 4.55. The van der Waals surface area contributed by atoms with Gasteiger partial charge in [0, 0.05) is 91.1 Å². The Labute approximate surface area is 308 Å². The molecule has 0 bridgehead atoms. The zero-order valence-electron chi connectivity index (χ0n) is 28.6. The number of carbonyl (C=O) groups excluding carboxylic acids is 1. The Morgan fingerprint density at radius 2 is 1.00 bits per heavy atom. The van der Waals surface area contributed by atoms with Gasteiger partial charge in [0.15, 0.2) is 5.78 Å². The van der Waals surface area contributed by atoms with Crippen LogP contribution in [0.15, 0.2) is 88.7 Å². The average Bonchev–Trinajstić information content (AvgIpc) is 3.10. The van der Waals surface area contributed by atoms with Crippen molar-refractivity contribution in [1.29, 1.82) is 0 Å². The van der Waals surface area contributed by atoms with E-state index in [-0.39, 0.29) is 12.4 Å². The van der Waals surface area contributed by atoms with Crippen LogP contribution < -0.4 is 4.90 Å². The van der Waals surface area contributed by atoms with Gasteiger partial charge in [0.05, 0.1) is 18.0 Å².